The topological polar surface area (TPSA) is 84.3 Å². The van der Waals surface area contributed by atoms with Crippen molar-refractivity contribution in [1.29, 1.82) is 0 Å². The molecule has 0 unspecified atom stereocenters. The lowest BCUT2D eigenvalue weighted by Crippen LogP contribution is -2.41. The third-order valence-corrected chi connectivity index (χ3v) is 6.43. The summed E-state index contributed by atoms with van der Waals surface area (Å²) in [5.41, 5.74) is 0.756. The van der Waals surface area contributed by atoms with Crippen molar-refractivity contribution in [2.45, 2.75) is 37.8 Å². The molecule has 2 aromatic rings. The van der Waals surface area contributed by atoms with Crippen molar-refractivity contribution in [3.63, 3.8) is 0 Å². The smallest absolute Gasteiger partial charge is 0.262 e. The van der Waals surface area contributed by atoms with Gasteiger partial charge in [0.25, 0.3) is 10.0 Å². The largest absolute Gasteiger partial charge is 0.334 e. The maximum absolute atomic E-state index is 12.7. The van der Waals surface area contributed by atoms with Crippen molar-refractivity contribution in [2.75, 3.05) is 18.4 Å². The van der Waals surface area contributed by atoms with Gasteiger partial charge in [0.1, 0.15) is 0 Å². The molecule has 1 saturated heterocycles. The minimum Gasteiger partial charge on any atom is -0.334 e. The van der Waals surface area contributed by atoms with Crippen LogP contribution in [0, 0.1) is 5.92 Å². The van der Waals surface area contributed by atoms with E-state index in [1.165, 1.54) is 10.6 Å². The summed E-state index contributed by atoms with van der Waals surface area (Å²) in [6.45, 7) is 4.58. The lowest BCUT2D eigenvalue weighted by Gasteiger charge is -2.29. The Balaban J connectivity index is 1.61. The monoisotopic (exact) mass is 376 g/mol. The van der Waals surface area contributed by atoms with E-state index >= 15 is 0 Å². The zero-order valence-corrected chi connectivity index (χ0v) is 15.8. The Morgan fingerprint density at radius 3 is 2.42 bits per heavy atom. The summed E-state index contributed by atoms with van der Waals surface area (Å²) in [5.74, 6) is -0.243. The number of hydrogen-bond acceptors (Lipinski definition) is 4. The summed E-state index contributed by atoms with van der Waals surface area (Å²) in [6, 6.07) is 9.44. The maximum atomic E-state index is 12.7. The van der Waals surface area contributed by atoms with Crippen molar-refractivity contribution >= 4 is 21.6 Å². The first-order valence-electron chi connectivity index (χ1n) is 8.77. The standard InChI is InChI=1S/C18H24N4O3S/c1-14(2)21-12-17(19-13-21)26(24,25)22-10-8-15(9-11-22)18(23)20-16-6-4-3-5-7-16/h3-7,12-15H,8-11H2,1-2H3,(H,20,23). The fourth-order valence-electron chi connectivity index (χ4n) is 2.99. The van der Waals surface area contributed by atoms with Crippen molar-refractivity contribution < 1.29 is 13.2 Å². The lowest BCUT2D eigenvalue weighted by atomic mass is 9.97. The number of carbonyl (C=O) groups excluding carboxylic acids is 1. The molecule has 2 heterocycles. The van der Waals surface area contributed by atoms with Crippen LogP contribution in [0.5, 0.6) is 0 Å². The molecule has 26 heavy (non-hydrogen) atoms. The highest BCUT2D eigenvalue weighted by atomic mass is 32.2. The number of imidazole rings is 1. The van der Waals surface area contributed by atoms with Gasteiger partial charge in [-0.05, 0) is 38.8 Å². The molecule has 8 heteroatoms. The van der Waals surface area contributed by atoms with Gasteiger partial charge in [0.05, 0.1) is 6.33 Å². The number of sulfonamides is 1. The molecule has 1 N–H and O–H groups in total. The molecule has 0 aliphatic carbocycles. The molecule has 1 aromatic carbocycles. The van der Waals surface area contributed by atoms with Crippen LogP contribution in [0.15, 0.2) is 47.9 Å². The SMILES string of the molecule is CC(C)n1cnc(S(=O)(=O)N2CCC(C(=O)Nc3ccccc3)CC2)c1. The number of para-hydroxylation sites is 1. The van der Waals surface area contributed by atoms with E-state index in [0.29, 0.717) is 25.9 Å². The van der Waals surface area contributed by atoms with E-state index in [0.717, 1.165) is 5.69 Å². The summed E-state index contributed by atoms with van der Waals surface area (Å²) >= 11 is 0. The molecule has 1 fully saturated rings. The van der Waals surface area contributed by atoms with Crippen LogP contribution in [-0.2, 0) is 14.8 Å². The molecule has 1 aliphatic rings. The van der Waals surface area contributed by atoms with Crippen molar-refractivity contribution in [3.05, 3.63) is 42.9 Å². The zero-order valence-electron chi connectivity index (χ0n) is 15.0. The van der Waals surface area contributed by atoms with Gasteiger partial charge in [-0.3, -0.25) is 4.79 Å². The van der Waals surface area contributed by atoms with Crippen LogP contribution in [0.1, 0.15) is 32.7 Å². The number of nitrogens with one attached hydrogen (secondary N) is 1. The Labute approximate surface area is 154 Å². The third kappa shape index (κ3) is 3.96. The van der Waals surface area contributed by atoms with Gasteiger partial charge < -0.3 is 9.88 Å². The number of benzene rings is 1. The Kier molecular flexibility index (Phi) is 5.43. The van der Waals surface area contributed by atoms with Gasteiger partial charge in [-0.25, -0.2) is 13.4 Å². The number of amides is 1. The highest BCUT2D eigenvalue weighted by Gasteiger charge is 2.33. The van der Waals surface area contributed by atoms with Crippen LogP contribution in [0.4, 0.5) is 5.69 Å². The summed E-state index contributed by atoms with van der Waals surface area (Å²) in [6.07, 6.45) is 4.11. The minimum atomic E-state index is -3.61. The van der Waals surface area contributed by atoms with Crippen molar-refractivity contribution in [3.8, 4) is 0 Å². The number of carbonyl (C=O) groups is 1. The molecule has 0 bridgehead atoms. The van der Waals surface area contributed by atoms with Gasteiger partial charge in [0, 0.05) is 36.9 Å². The predicted molar refractivity (Wildman–Crippen MR) is 99.2 cm³/mol. The Morgan fingerprint density at radius 1 is 1.19 bits per heavy atom. The Hall–Kier alpha value is -2.19. The summed E-state index contributed by atoms with van der Waals surface area (Å²) in [5, 5.41) is 2.96. The molecule has 1 aromatic heterocycles. The molecule has 0 atom stereocenters. The van der Waals surface area contributed by atoms with Gasteiger partial charge in [-0.15, -0.1) is 0 Å². The highest BCUT2D eigenvalue weighted by Crippen LogP contribution is 2.24. The average Bonchev–Trinajstić information content (AvgIpc) is 3.14. The van der Waals surface area contributed by atoms with Crippen LogP contribution in [0.25, 0.3) is 0 Å². The predicted octanol–water partition coefficient (Wildman–Crippen LogP) is 2.50. The van der Waals surface area contributed by atoms with E-state index in [9.17, 15) is 13.2 Å². The van der Waals surface area contributed by atoms with E-state index in [4.69, 9.17) is 0 Å². The van der Waals surface area contributed by atoms with Crippen LogP contribution in [0.2, 0.25) is 0 Å². The molecule has 7 nitrogen and oxygen atoms in total. The van der Waals surface area contributed by atoms with Gasteiger partial charge in [-0.1, -0.05) is 18.2 Å². The second kappa shape index (κ2) is 7.59. The molecular weight excluding hydrogens is 352 g/mol. The lowest BCUT2D eigenvalue weighted by molar-refractivity contribution is -0.120. The number of piperidine rings is 1. The quantitative estimate of drug-likeness (QED) is 0.869. The molecule has 0 saturated carbocycles. The zero-order chi connectivity index (χ0) is 18.7. The molecule has 0 radical (unpaired) electrons. The number of nitrogens with zero attached hydrogens (tertiary/aromatic N) is 3. The van der Waals surface area contributed by atoms with Crippen LogP contribution < -0.4 is 5.32 Å². The summed E-state index contributed by atoms with van der Waals surface area (Å²) in [7, 11) is -3.61. The number of rotatable bonds is 5. The van der Waals surface area contributed by atoms with E-state index in [1.54, 1.807) is 10.8 Å². The van der Waals surface area contributed by atoms with E-state index in [-0.39, 0.29) is 22.9 Å². The molecule has 0 spiro atoms. The molecule has 3 rings (SSSR count). The van der Waals surface area contributed by atoms with Gasteiger partial charge in [0.2, 0.25) is 5.91 Å². The average molecular weight is 376 g/mol. The maximum Gasteiger partial charge on any atom is 0.262 e. The van der Waals surface area contributed by atoms with Crippen LogP contribution >= 0.6 is 0 Å². The number of hydrogen-bond donors (Lipinski definition) is 1. The van der Waals surface area contributed by atoms with E-state index < -0.39 is 10.0 Å². The molecule has 140 valence electrons. The van der Waals surface area contributed by atoms with Gasteiger partial charge in [0.15, 0.2) is 5.03 Å². The minimum absolute atomic E-state index is 0.0580. The fraction of sp³-hybridized carbons (Fsp3) is 0.444. The second-order valence-corrected chi connectivity index (χ2v) is 8.67. The van der Waals surface area contributed by atoms with E-state index in [2.05, 4.69) is 10.3 Å². The fourth-order valence-corrected chi connectivity index (χ4v) is 4.38. The molecule has 1 aliphatic heterocycles. The highest BCUT2D eigenvalue weighted by molar-refractivity contribution is 7.89. The first-order chi connectivity index (χ1) is 12.4. The first-order valence-corrected chi connectivity index (χ1v) is 10.2. The van der Waals surface area contributed by atoms with Crippen molar-refractivity contribution in [1.82, 2.24) is 13.9 Å². The molecule has 1 amide bonds. The molecular formula is C18H24N4O3S. The number of anilines is 1. The van der Waals surface area contributed by atoms with Crippen molar-refractivity contribution in [2.24, 2.45) is 5.92 Å². The third-order valence-electron chi connectivity index (χ3n) is 4.64. The Bertz CT molecular complexity index is 854. The second-order valence-electron chi connectivity index (χ2n) is 6.79. The normalized spacial score (nSPS) is 16.7. The summed E-state index contributed by atoms with van der Waals surface area (Å²) < 4.78 is 28.7. The van der Waals surface area contributed by atoms with E-state index in [1.807, 2.05) is 44.2 Å². The number of aromatic nitrogens is 2. The Morgan fingerprint density at radius 2 is 1.85 bits per heavy atom. The van der Waals surface area contributed by atoms with Crippen LogP contribution in [0.3, 0.4) is 0 Å². The van der Waals surface area contributed by atoms with Crippen LogP contribution in [-0.4, -0.2) is 41.3 Å². The van der Waals surface area contributed by atoms with Gasteiger partial charge in [-0.2, -0.15) is 4.31 Å². The van der Waals surface area contributed by atoms with Gasteiger partial charge >= 0.3 is 0 Å². The first kappa shape index (κ1) is 18.6. The summed E-state index contributed by atoms with van der Waals surface area (Å²) in [4.78, 5) is 16.4.